The normalized spacial score (nSPS) is 12.9. The Labute approximate surface area is 501 Å². The first-order valence-electron chi connectivity index (χ1n) is 34.0. The van der Waals surface area contributed by atoms with E-state index >= 15 is 0 Å². The van der Waals surface area contributed by atoms with Crippen molar-refractivity contribution in [3.63, 3.8) is 0 Å². The molecular weight excluding hydrogens is 997 g/mol. The van der Waals surface area contributed by atoms with Crippen molar-refractivity contribution in [1.29, 1.82) is 0 Å². The van der Waals surface area contributed by atoms with Gasteiger partial charge in [-0.15, -0.1) is 0 Å². The maximum atomic E-state index is 12.9. The molecule has 6 nitrogen and oxygen atoms in total. The predicted molar refractivity (Wildman–Crippen MR) is 353 cm³/mol. The van der Waals surface area contributed by atoms with Crippen molar-refractivity contribution in [2.75, 3.05) is 13.2 Å². The summed E-state index contributed by atoms with van der Waals surface area (Å²) in [6.07, 6.45) is 94.9. The van der Waals surface area contributed by atoms with E-state index in [0.29, 0.717) is 25.7 Å². The molecule has 0 saturated heterocycles. The van der Waals surface area contributed by atoms with Gasteiger partial charge in [-0.2, -0.15) is 0 Å². The summed E-state index contributed by atoms with van der Waals surface area (Å²) in [5, 5.41) is 0. The lowest BCUT2D eigenvalue weighted by Crippen LogP contribution is -2.30. The lowest BCUT2D eigenvalue weighted by molar-refractivity contribution is -0.167. The average molecular weight is 1120 g/mol. The molecule has 0 saturated carbocycles. The Balaban J connectivity index is 4.47. The van der Waals surface area contributed by atoms with E-state index in [1.165, 1.54) is 167 Å². The van der Waals surface area contributed by atoms with E-state index in [1.807, 2.05) is 0 Å². The van der Waals surface area contributed by atoms with Crippen LogP contribution in [0.3, 0.4) is 0 Å². The molecule has 0 bridgehead atoms. The molecule has 0 aromatic carbocycles. The van der Waals surface area contributed by atoms with Gasteiger partial charge in [-0.25, -0.2) is 0 Å². The van der Waals surface area contributed by atoms with Crippen LogP contribution in [0, 0.1) is 0 Å². The third kappa shape index (κ3) is 66.5. The zero-order valence-corrected chi connectivity index (χ0v) is 53.0. The van der Waals surface area contributed by atoms with Gasteiger partial charge in [-0.05, 0) is 135 Å². The molecule has 0 aliphatic heterocycles. The Morgan fingerprint density at radius 3 is 0.790 bits per heavy atom. The minimum absolute atomic E-state index is 0.0969. The summed E-state index contributed by atoms with van der Waals surface area (Å²) in [5.74, 6) is -0.942. The molecular formula is C75H126O6. The van der Waals surface area contributed by atoms with Crippen molar-refractivity contribution in [2.45, 2.75) is 322 Å². The number of allylic oxidation sites excluding steroid dienone is 20. The highest BCUT2D eigenvalue weighted by Gasteiger charge is 2.19. The number of rotatable bonds is 61. The van der Waals surface area contributed by atoms with Gasteiger partial charge in [0.25, 0.3) is 0 Å². The van der Waals surface area contributed by atoms with E-state index in [9.17, 15) is 14.4 Å². The van der Waals surface area contributed by atoms with Gasteiger partial charge < -0.3 is 14.2 Å². The Morgan fingerprint density at radius 1 is 0.259 bits per heavy atom. The summed E-state index contributed by atoms with van der Waals surface area (Å²) >= 11 is 0. The quantitative estimate of drug-likeness (QED) is 0.0261. The van der Waals surface area contributed by atoms with Crippen molar-refractivity contribution in [3.05, 3.63) is 122 Å². The first kappa shape index (κ1) is 76.8. The molecule has 1 atom stereocenters. The average Bonchev–Trinajstić information content (AvgIpc) is 3.47. The van der Waals surface area contributed by atoms with Crippen molar-refractivity contribution in [1.82, 2.24) is 0 Å². The standard InChI is InChI=1S/C75H126O6/c1-4-7-10-13-16-19-22-25-28-31-34-35-36-37-38-39-40-41-42-45-47-50-53-56-59-62-65-68-74(77)80-71-72(81-75(78)69-66-63-60-57-54-51-48-44-33-30-27-24-21-18-15-12-9-6-3)70-79-73(76)67-64-61-58-55-52-49-46-43-32-29-26-23-20-17-14-11-8-5-2/h7,10,16,19,25,28-30,32-35,37-38,40-41,45,47,53,56,72H,4-6,8-9,11-15,17-18,20-24,26-27,31,36,39,42-44,46,48-52,54-55,57-71H2,1-3H3/b10-7-,19-16-,28-25-,32-29-,33-30-,35-34-,38-37-,41-40-,47-45-,56-53-. The number of hydrogen-bond donors (Lipinski definition) is 0. The van der Waals surface area contributed by atoms with Gasteiger partial charge in [0.05, 0.1) is 0 Å². The number of carbonyl (C=O) groups is 3. The predicted octanol–water partition coefficient (Wildman–Crippen LogP) is 23.6. The Morgan fingerprint density at radius 2 is 0.481 bits per heavy atom. The Kier molecular flexibility index (Phi) is 64.8. The summed E-state index contributed by atoms with van der Waals surface area (Å²) in [6, 6.07) is 0. The first-order chi connectivity index (χ1) is 40.0. The SMILES string of the molecule is CC/C=C\C/C=C\C/C=C\C/C=C\C/C=C\C/C=C\C/C=C\C/C=C\CCCCC(=O)OCC(COC(=O)CCCCCCCCC/C=C\CCCCCCCCC)OC(=O)CCCCCCCCC/C=C\CCCCCCCCC. The van der Waals surface area contributed by atoms with E-state index in [0.717, 1.165) is 103 Å². The highest BCUT2D eigenvalue weighted by Crippen LogP contribution is 2.15. The molecule has 0 spiro atoms. The van der Waals surface area contributed by atoms with Crippen LogP contribution < -0.4 is 0 Å². The summed E-state index contributed by atoms with van der Waals surface area (Å²) in [4.78, 5) is 38.4. The van der Waals surface area contributed by atoms with Gasteiger partial charge in [0.1, 0.15) is 13.2 Å². The van der Waals surface area contributed by atoms with Crippen LogP contribution in [-0.4, -0.2) is 37.2 Å². The van der Waals surface area contributed by atoms with Gasteiger partial charge in [0, 0.05) is 19.3 Å². The highest BCUT2D eigenvalue weighted by molar-refractivity contribution is 5.71. The minimum Gasteiger partial charge on any atom is -0.462 e. The van der Waals surface area contributed by atoms with Crippen molar-refractivity contribution in [2.24, 2.45) is 0 Å². The second kappa shape index (κ2) is 68.3. The fourth-order valence-corrected chi connectivity index (χ4v) is 9.33. The van der Waals surface area contributed by atoms with Gasteiger partial charge in [-0.1, -0.05) is 284 Å². The smallest absolute Gasteiger partial charge is 0.306 e. The van der Waals surface area contributed by atoms with E-state index in [-0.39, 0.29) is 31.1 Å². The molecule has 0 fully saturated rings. The van der Waals surface area contributed by atoms with Crippen LogP contribution in [0.15, 0.2) is 122 Å². The lowest BCUT2D eigenvalue weighted by atomic mass is 10.1. The molecule has 0 heterocycles. The van der Waals surface area contributed by atoms with Crippen LogP contribution in [0.25, 0.3) is 0 Å². The fraction of sp³-hybridized carbons (Fsp3) is 0.693. The third-order valence-electron chi connectivity index (χ3n) is 14.4. The fourth-order valence-electron chi connectivity index (χ4n) is 9.33. The first-order valence-corrected chi connectivity index (χ1v) is 34.0. The van der Waals surface area contributed by atoms with Gasteiger partial charge in [0.2, 0.25) is 0 Å². The van der Waals surface area contributed by atoms with Crippen molar-refractivity contribution < 1.29 is 28.6 Å². The molecule has 81 heavy (non-hydrogen) atoms. The van der Waals surface area contributed by atoms with Crippen molar-refractivity contribution in [3.8, 4) is 0 Å². The maximum absolute atomic E-state index is 12.9. The van der Waals surface area contributed by atoms with E-state index in [4.69, 9.17) is 14.2 Å². The largest absolute Gasteiger partial charge is 0.462 e. The van der Waals surface area contributed by atoms with Crippen molar-refractivity contribution >= 4 is 17.9 Å². The lowest BCUT2D eigenvalue weighted by Gasteiger charge is -2.18. The molecule has 0 aliphatic carbocycles. The molecule has 0 N–H and O–H groups in total. The maximum Gasteiger partial charge on any atom is 0.306 e. The van der Waals surface area contributed by atoms with E-state index in [2.05, 4.69) is 142 Å². The van der Waals surface area contributed by atoms with Crippen LogP contribution in [0.4, 0.5) is 0 Å². The van der Waals surface area contributed by atoms with Gasteiger partial charge >= 0.3 is 17.9 Å². The van der Waals surface area contributed by atoms with Crippen LogP contribution >= 0.6 is 0 Å². The minimum atomic E-state index is -0.805. The molecule has 0 rings (SSSR count). The number of esters is 3. The van der Waals surface area contributed by atoms with E-state index in [1.54, 1.807) is 0 Å². The molecule has 462 valence electrons. The third-order valence-corrected chi connectivity index (χ3v) is 14.4. The molecule has 0 amide bonds. The summed E-state index contributed by atoms with van der Waals surface area (Å²) in [5.41, 5.74) is 0. The zero-order chi connectivity index (χ0) is 58.5. The summed E-state index contributed by atoms with van der Waals surface area (Å²) < 4.78 is 16.9. The van der Waals surface area contributed by atoms with Gasteiger partial charge in [0.15, 0.2) is 6.10 Å². The van der Waals surface area contributed by atoms with Gasteiger partial charge in [-0.3, -0.25) is 14.4 Å². The molecule has 0 aromatic heterocycles. The molecule has 0 aromatic rings. The zero-order valence-electron chi connectivity index (χ0n) is 53.0. The molecule has 0 radical (unpaired) electrons. The summed E-state index contributed by atoms with van der Waals surface area (Å²) in [6.45, 7) is 6.51. The topological polar surface area (TPSA) is 78.9 Å². The molecule has 6 heteroatoms. The number of unbranched alkanes of at least 4 members (excludes halogenated alkanes) is 30. The second-order valence-electron chi connectivity index (χ2n) is 22.3. The molecule has 0 aliphatic rings. The van der Waals surface area contributed by atoms with Crippen LogP contribution in [0.1, 0.15) is 316 Å². The van der Waals surface area contributed by atoms with E-state index < -0.39 is 6.10 Å². The summed E-state index contributed by atoms with van der Waals surface area (Å²) in [7, 11) is 0. The van der Waals surface area contributed by atoms with Crippen LogP contribution in [-0.2, 0) is 28.6 Å². The molecule has 1 unspecified atom stereocenters. The number of ether oxygens (including phenoxy) is 3. The Hall–Kier alpha value is -4.19. The number of hydrogen-bond acceptors (Lipinski definition) is 6. The van der Waals surface area contributed by atoms with Crippen LogP contribution in [0.5, 0.6) is 0 Å². The highest BCUT2D eigenvalue weighted by atomic mass is 16.6. The second-order valence-corrected chi connectivity index (χ2v) is 22.3. The number of carbonyl (C=O) groups excluding carboxylic acids is 3. The Bertz CT molecular complexity index is 1670. The monoisotopic (exact) mass is 1120 g/mol. The van der Waals surface area contributed by atoms with Crippen LogP contribution in [0.2, 0.25) is 0 Å².